The van der Waals surface area contributed by atoms with Crippen LogP contribution in [0.4, 0.5) is 0 Å². The lowest BCUT2D eigenvalue weighted by molar-refractivity contribution is -0.140. The first-order valence-electron chi connectivity index (χ1n) is 6.49. The van der Waals surface area contributed by atoms with Gasteiger partial charge in [0.05, 0.1) is 19.6 Å². The quantitative estimate of drug-likeness (QED) is 0.892. The molecule has 1 aliphatic heterocycles. The summed E-state index contributed by atoms with van der Waals surface area (Å²) in [6.45, 7) is 3.83. The van der Waals surface area contributed by atoms with Crippen molar-refractivity contribution >= 4 is 33.5 Å². The van der Waals surface area contributed by atoms with Gasteiger partial charge in [-0.25, -0.2) is 0 Å². The van der Waals surface area contributed by atoms with Gasteiger partial charge in [-0.1, -0.05) is 33.6 Å². The topological polar surface area (TPSA) is 49.8 Å². The highest BCUT2D eigenvalue weighted by molar-refractivity contribution is 9.10. The summed E-state index contributed by atoms with van der Waals surface area (Å²) in [5.41, 5.74) is 1.01. The number of ether oxygens (including phenoxy) is 1. The zero-order valence-corrected chi connectivity index (χ0v) is 13.5. The van der Waals surface area contributed by atoms with E-state index in [1.54, 1.807) is 0 Å². The second kappa shape index (κ2) is 6.89. The van der Waals surface area contributed by atoms with Crippen LogP contribution in [0.1, 0.15) is 24.9 Å². The molecule has 20 heavy (non-hydrogen) atoms. The highest BCUT2D eigenvalue weighted by Gasteiger charge is 2.30. The van der Waals surface area contributed by atoms with Crippen LogP contribution in [-0.4, -0.2) is 41.8 Å². The molecule has 0 spiro atoms. The second-order valence-corrected chi connectivity index (χ2v) is 6.23. The summed E-state index contributed by atoms with van der Waals surface area (Å²) in [4.78, 5) is 13.1. The minimum Gasteiger partial charge on any atom is -0.481 e. The molecule has 0 saturated carbocycles. The number of halogens is 2. The fraction of sp³-hybridized carbons (Fsp3) is 0.500. The lowest BCUT2D eigenvalue weighted by Crippen LogP contribution is -2.47. The first-order chi connectivity index (χ1) is 9.49. The molecule has 0 amide bonds. The molecule has 1 fully saturated rings. The molecule has 2 rings (SSSR count). The summed E-state index contributed by atoms with van der Waals surface area (Å²) >= 11 is 9.68. The van der Waals surface area contributed by atoms with Crippen LogP contribution in [0.5, 0.6) is 0 Å². The molecule has 1 heterocycles. The van der Waals surface area contributed by atoms with Gasteiger partial charge in [0.1, 0.15) is 0 Å². The lowest BCUT2D eigenvalue weighted by atomic mass is 10.0. The van der Waals surface area contributed by atoms with Crippen molar-refractivity contribution in [1.82, 2.24) is 4.90 Å². The molecule has 1 N–H and O–H groups in total. The zero-order chi connectivity index (χ0) is 14.7. The fourth-order valence-corrected chi connectivity index (χ4v) is 3.41. The molecule has 1 saturated heterocycles. The number of benzene rings is 1. The van der Waals surface area contributed by atoms with Crippen molar-refractivity contribution in [2.45, 2.75) is 25.4 Å². The van der Waals surface area contributed by atoms with Gasteiger partial charge in [-0.3, -0.25) is 9.69 Å². The third-order valence-electron chi connectivity index (χ3n) is 3.59. The van der Waals surface area contributed by atoms with Gasteiger partial charge in [0.15, 0.2) is 0 Å². The van der Waals surface area contributed by atoms with E-state index in [0.29, 0.717) is 24.8 Å². The molecule has 0 aliphatic carbocycles. The number of hydrogen-bond acceptors (Lipinski definition) is 3. The summed E-state index contributed by atoms with van der Waals surface area (Å²) in [5, 5.41) is 9.70. The van der Waals surface area contributed by atoms with E-state index >= 15 is 0 Å². The first kappa shape index (κ1) is 15.8. The molecular weight excluding hydrogens is 346 g/mol. The van der Waals surface area contributed by atoms with Crippen LogP contribution in [0.15, 0.2) is 22.7 Å². The Kier molecular flexibility index (Phi) is 5.43. The predicted octanol–water partition coefficient (Wildman–Crippen LogP) is 3.34. The van der Waals surface area contributed by atoms with E-state index in [1.165, 1.54) is 0 Å². The van der Waals surface area contributed by atoms with Crippen LogP contribution in [-0.2, 0) is 9.53 Å². The Balaban J connectivity index is 2.20. The van der Waals surface area contributed by atoms with Gasteiger partial charge in [0.2, 0.25) is 0 Å². The Bertz CT molecular complexity index is 497. The molecule has 1 aromatic rings. The molecule has 0 aromatic heterocycles. The molecule has 2 unspecified atom stereocenters. The Hall–Kier alpha value is -0.620. The number of carboxylic acids is 1. The van der Waals surface area contributed by atoms with Gasteiger partial charge < -0.3 is 9.84 Å². The van der Waals surface area contributed by atoms with Gasteiger partial charge in [-0.05, 0) is 24.6 Å². The maximum atomic E-state index is 11.0. The average molecular weight is 363 g/mol. The molecule has 6 heteroatoms. The van der Waals surface area contributed by atoms with Crippen molar-refractivity contribution < 1.29 is 14.6 Å². The van der Waals surface area contributed by atoms with Crippen molar-refractivity contribution in [2.75, 3.05) is 19.8 Å². The number of hydrogen-bond donors (Lipinski definition) is 1. The van der Waals surface area contributed by atoms with Crippen molar-refractivity contribution in [2.24, 2.45) is 0 Å². The highest BCUT2D eigenvalue weighted by atomic mass is 79.9. The van der Waals surface area contributed by atoms with Gasteiger partial charge in [0, 0.05) is 28.1 Å². The number of morpholine rings is 1. The number of carbonyl (C=O) groups is 1. The van der Waals surface area contributed by atoms with Crippen molar-refractivity contribution in [3.63, 3.8) is 0 Å². The lowest BCUT2D eigenvalue weighted by Gasteiger charge is -2.39. The fourth-order valence-electron chi connectivity index (χ4n) is 2.57. The van der Waals surface area contributed by atoms with Gasteiger partial charge in [-0.2, -0.15) is 0 Å². The number of rotatable bonds is 4. The van der Waals surface area contributed by atoms with E-state index in [1.807, 2.05) is 18.2 Å². The van der Waals surface area contributed by atoms with Crippen LogP contribution in [0.25, 0.3) is 0 Å². The van der Waals surface area contributed by atoms with Crippen LogP contribution in [0, 0.1) is 0 Å². The smallest absolute Gasteiger partial charge is 0.305 e. The highest BCUT2D eigenvalue weighted by Crippen LogP contribution is 2.32. The van der Waals surface area contributed by atoms with Crippen LogP contribution >= 0.6 is 27.5 Å². The van der Waals surface area contributed by atoms with Gasteiger partial charge in [-0.15, -0.1) is 0 Å². The summed E-state index contributed by atoms with van der Waals surface area (Å²) < 4.78 is 6.34. The number of aliphatic carboxylic acids is 1. The Morgan fingerprint density at radius 2 is 2.40 bits per heavy atom. The maximum absolute atomic E-state index is 11.0. The van der Waals surface area contributed by atoms with Crippen molar-refractivity contribution in [1.29, 1.82) is 0 Å². The Morgan fingerprint density at radius 3 is 3.05 bits per heavy atom. The zero-order valence-electron chi connectivity index (χ0n) is 11.2. The first-order valence-corrected chi connectivity index (χ1v) is 7.66. The van der Waals surface area contributed by atoms with Crippen LogP contribution in [0.3, 0.4) is 0 Å². The largest absolute Gasteiger partial charge is 0.481 e. The van der Waals surface area contributed by atoms with E-state index in [0.717, 1.165) is 10.0 Å². The third kappa shape index (κ3) is 3.73. The predicted molar refractivity (Wildman–Crippen MR) is 81.1 cm³/mol. The molecule has 4 nitrogen and oxygen atoms in total. The van der Waals surface area contributed by atoms with Gasteiger partial charge in [0.25, 0.3) is 0 Å². The minimum atomic E-state index is -0.806. The summed E-state index contributed by atoms with van der Waals surface area (Å²) in [6.07, 6.45) is 0.0818. The van der Waals surface area contributed by atoms with E-state index < -0.39 is 5.97 Å². The third-order valence-corrected chi connectivity index (χ3v) is 4.41. The Labute approximate surface area is 131 Å². The van der Waals surface area contributed by atoms with Crippen molar-refractivity contribution in [3.05, 3.63) is 33.3 Å². The summed E-state index contributed by atoms with van der Waals surface area (Å²) in [6, 6.07) is 5.73. The normalized spacial score (nSPS) is 21.6. The van der Waals surface area contributed by atoms with E-state index in [-0.39, 0.29) is 18.5 Å². The standard InChI is InChI=1S/C14H17BrClNO3/c1-9(12-3-2-10(15)6-13(12)16)17-4-5-20-8-11(17)7-14(18)19/h2-3,6,9,11H,4-5,7-8H2,1H3,(H,18,19). The van der Waals surface area contributed by atoms with Crippen LogP contribution < -0.4 is 0 Å². The number of nitrogens with zero attached hydrogens (tertiary/aromatic N) is 1. The van der Waals surface area contributed by atoms with Gasteiger partial charge >= 0.3 is 5.97 Å². The summed E-state index contributed by atoms with van der Waals surface area (Å²) in [5.74, 6) is -0.806. The van der Waals surface area contributed by atoms with E-state index in [2.05, 4.69) is 27.8 Å². The monoisotopic (exact) mass is 361 g/mol. The molecule has 110 valence electrons. The average Bonchev–Trinajstić information content (AvgIpc) is 2.38. The number of carboxylic acid groups (broad SMARTS) is 1. The second-order valence-electron chi connectivity index (χ2n) is 4.91. The SMILES string of the molecule is CC(c1ccc(Br)cc1Cl)N1CCOCC1CC(=O)O. The van der Waals surface area contributed by atoms with E-state index in [9.17, 15) is 4.79 Å². The minimum absolute atomic E-state index is 0.0591. The molecular formula is C14H17BrClNO3. The molecule has 0 bridgehead atoms. The molecule has 2 atom stereocenters. The molecule has 1 aromatic carbocycles. The van der Waals surface area contributed by atoms with E-state index in [4.69, 9.17) is 21.4 Å². The Morgan fingerprint density at radius 1 is 1.65 bits per heavy atom. The maximum Gasteiger partial charge on any atom is 0.305 e. The summed E-state index contributed by atoms with van der Waals surface area (Å²) in [7, 11) is 0. The van der Waals surface area contributed by atoms with Crippen molar-refractivity contribution in [3.8, 4) is 0 Å². The van der Waals surface area contributed by atoms with Crippen LogP contribution in [0.2, 0.25) is 5.02 Å². The molecule has 1 aliphatic rings. The molecule has 0 radical (unpaired) electrons.